The van der Waals surface area contributed by atoms with E-state index in [2.05, 4.69) is 4.74 Å². The van der Waals surface area contributed by atoms with E-state index in [9.17, 15) is 18.4 Å². The standard InChI is InChI=1S/C14H12F2O5/c1-3-20-13(18)14(15,16)8-7-21-10-6-4-5-9(19-2)11(10)12(8)17/h4-7H,3H2,1-2H3. The van der Waals surface area contributed by atoms with E-state index >= 15 is 0 Å². The molecule has 0 saturated carbocycles. The van der Waals surface area contributed by atoms with Gasteiger partial charge in [0.25, 0.3) is 0 Å². The lowest BCUT2D eigenvalue weighted by atomic mass is 10.1. The third-order valence-corrected chi connectivity index (χ3v) is 2.85. The minimum absolute atomic E-state index is 0.0859. The second kappa shape index (κ2) is 5.51. The number of alkyl halides is 2. The molecule has 0 spiro atoms. The maximum atomic E-state index is 14.0. The molecule has 5 nitrogen and oxygen atoms in total. The number of carbonyl (C=O) groups is 1. The number of methoxy groups -OCH3 is 1. The van der Waals surface area contributed by atoms with Crippen LogP contribution in [0.3, 0.4) is 0 Å². The zero-order valence-electron chi connectivity index (χ0n) is 11.3. The van der Waals surface area contributed by atoms with E-state index in [0.717, 1.165) is 0 Å². The van der Waals surface area contributed by atoms with Crippen molar-refractivity contribution in [3.05, 3.63) is 40.2 Å². The number of carbonyl (C=O) groups excluding carboxylic acids is 1. The Hall–Kier alpha value is -2.44. The molecule has 0 aliphatic carbocycles. The van der Waals surface area contributed by atoms with Crippen LogP contribution in [0.5, 0.6) is 5.75 Å². The van der Waals surface area contributed by atoms with Gasteiger partial charge in [0.2, 0.25) is 5.43 Å². The fourth-order valence-corrected chi connectivity index (χ4v) is 1.86. The van der Waals surface area contributed by atoms with Gasteiger partial charge in [-0.05, 0) is 19.1 Å². The van der Waals surface area contributed by atoms with Crippen molar-refractivity contribution in [3.63, 3.8) is 0 Å². The van der Waals surface area contributed by atoms with Crippen molar-refractivity contribution in [1.82, 2.24) is 0 Å². The van der Waals surface area contributed by atoms with Crippen LogP contribution in [0.2, 0.25) is 0 Å². The molecule has 0 saturated heterocycles. The Morgan fingerprint density at radius 3 is 2.71 bits per heavy atom. The van der Waals surface area contributed by atoms with Crippen LogP contribution in [0.4, 0.5) is 8.78 Å². The Balaban J connectivity index is 2.69. The Morgan fingerprint density at radius 2 is 2.10 bits per heavy atom. The van der Waals surface area contributed by atoms with E-state index in [0.29, 0.717) is 6.26 Å². The van der Waals surface area contributed by atoms with Gasteiger partial charge in [0.15, 0.2) is 0 Å². The molecule has 0 amide bonds. The summed E-state index contributed by atoms with van der Waals surface area (Å²) in [6, 6.07) is 4.42. The Kier molecular flexibility index (Phi) is 3.93. The van der Waals surface area contributed by atoms with Crippen LogP contribution in [-0.2, 0) is 15.5 Å². The predicted octanol–water partition coefficient (Wildman–Crippen LogP) is 2.46. The maximum absolute atomic E-state index is 14.0. The summed E-state index contributed by atoms with van der Waals surface area (Å²) in [4.78, 5) is 23.6. The number of halogens is 2. The molecule has 112 valence electrons. The van der Waals surface area contributed by atoms with Crippen molar-refractivity contribution in [1.29, 1.82) is 0 Å². The highest BCUT2D eigenvalue weighted by atomic mass is 19.3. The van der Waals surface area contributed by atoms with Gasteiger partial charge >= 0.3 is 11.9 Å². The summed E-state index contributed by atoms with van der Waals surface area (Å²) in [6.07, 6.45) is 0.570. The first kappa shape index (κ1) is 15.0. The molecule has 0 radical (unpaired) electrons. The first-order valence-corrected chi connectivity index (χ1v) is 6.07. The Bertz CT molecular complexity index is 736. The van der Waals surface area contributed by atoms with Gasteiger partial charge in [0.1, 0.15) is 28.5 Å². The number of ether oxygens (including phenoxy) is 2. The van der Waals surface area contributed by atoms with Gasteiger partial charge in [-0.15, -0.1) is 0 Å². The van der Waals surface area contributed by atoms with Crippen molar-refractivity contribution >= 4 is 16.9 Å². The predicted molar refractivity (Wildman–Crippen MR) is 69.6 cm³/mol. The normalized spacial score (nSPS) is 11.4. The minimum atomic E-state index is -4.09. The molecule has 1 aromatic carbocycles. The van der Waals surface area contributed by atoms with Crippen molar-refractivity contribution in [2.45, 2.75) is 12.8 Å². The molecule has 2 aromatic rings. The topological polar surface area (TPSA) is 65.7 Å². The van der Waals surface area contributed by atoms with Crippen LogP contribution >= 0.6 is 0 Å². The Morgan fingerprint density at radius 1 is 1.38 bits per heavy atom. The molecule has 0 unspecified atom stereocenters. The summed E-state index contributed by atoms with van der Waals surface area (Å²) < 4.78 is 42.2. The first-order valence-electron chi connectivity index (χ1n) is 6.07. The zero-order valence-corrected chi connectivity index (χ0v) is 11.3. The van der Waals surface area contributed by atoms with Gasteiger partial charge in [0.05, 0.1) is 13.7 Å². The first-order chi connectivity index (χ1) is 9.93. The fourth-order valence-electron chi connectivity index (χ4n) is 1.86. The molecule has 1 aromatic heterocycles. The largest absolute Gasteiger partial charge is 0.496 e. The van der Waals surface area contributed by atoms with Crippen LogP contribution in [0.25, 0.3) is 11.0 Å². The van der Waals surface area contributed by atoms with Gasteiger partial charge in [-0.25, -0.2) is 4.79 Å². The van der Waals surface area contributed by atoms with Gasteiger partial charge in [0, 0.05) is 0 Å². The van der Waals surface area contributed by atoms with E-state index in [1.54, 1.807) is 6.07 Å². The second-order valence-electron chi connectivity index (χ2n) is 4.11. The highest BCUT2D eigenvalue weighted by Gasteiger charge is 2.46. The van der Waals surface area contributed by atoms with Gasteiger partial charge in [-0.2, -0.15) is 8.78 Å². The monoisotopic (exact) mass is 298 g/mol. The maximum Gasteiger partial charge on any atom is 0.382 e. The van der Waals surface area contributed by atoms with Crippen LogP contribution < -0.4 is 10.2 Å². The van der Waals surface area contributed by atoms with E-state index in [1.165, 1.54) is 26.2 Å². The number of hydrogen-bond donors (Lipinski definition) is 0. The summed E-state index contributed by atoms with van der Waals surface area (Å²) in [6.45, 7) is 1.16. The zero-order chi connectivity index (χ0) is 15.6. The molecule has 0 N–H and O–H groups in total. The summed E-state index contributed by atoms with van der Waals surface area (Å²) in [7, 11) is 1.30. The highest BCUT2D eigenvalue weighted by molar-refractivity contribution is 5.86. The summed E-state index contributed by atoms with van der Waals surface area (Å²) in [5.74, 6) is -5.81. The van der Waals surface area contributed by atoms with E-state index in [4.69, 9.17) is 9.15 Å². The van der Waals surface area contributed by atoms with Crippen LogP contribution in [0, 0.1) is 0 Å². The highest BCUT2D eigenvalue weighted by Crippen LogP contribution is 2.30. The van der Waals surface area contributed by atoms with Crippen LogP contribution in [0.15, 0.2) is 33.7 Å². The average Bonchev–Trinajstić information content (AvgIpc) is 2.46. The van der Waals surface area contributed by atoms with E-state index in [1.807, 2.05) is 0 Å². The smallest absolute Gasteiger partial charge is 0.382 e. The minimum Gasteiger partial charge on any atom is -0.496 e. The fraction of sp³-hybridized carbons (Fsp3) is 0.286. The SMILES string of the molecule is CCOC(=O)C(F)(F)c1coc2cccc(OC)c2c1=O. The Labute approximate surface area is 118 Å². The number of hydrogen-bond acceptors (Lipinski definition) is 5. The third kappa shape index (κ3) is 2.46. The van der Waals surface area contributed by atoms with Gasteiger partial charge < -0.3 is 13.9 Å². The van der Waals surface area contributed by atoms with Crippen molar-refractivity contribution in [2.24, 2.45) is 0 Å². The molecule has 0 aliphatic rings. The van der Waals surface area contributed by atoms with E-state index < -0.39 is 22.9 Å². The average molecular weight is 298 g/mol. The van der Waals surface area contributed by atoms with Crippen LogP contribution in [0.1, 0.15) is 12.5 Å². The summed E-state index contributed by atoms with van der Waals surface area (Å²) in [5.41, 5.74) is -2.03. The third-order valence-electron chi connectivity index (χ3n) is 2.85. The molecule has 7 heteroatoms. The van der Waals surface area contributed by atoms with Crippen molar-refractivity contribution < 1.29 is 27.5 Å². The second-order valence-corrected chi connectivity index (χ2v) is 4.11. The van der Waals surface area contributed by atoms with Gasteiger partial charge in [-0.3, -0.25) is 4.79 Å². The number of benzene rings is 1. The molecular weight excluding hydrogens is 286 g/mol. The van der Waals surface area contributed by atoms with Crippen molar-refractivity contribution in [3.8, 4) is 5.75 Å². The van der Waals surface area contributed by atoms with Crippen molar-refractivity contribution in [2.75, 3.05) is 13.7 Å². The molecule has 2 rings (SSSR count). The lowest BCUT2D eigenvalue weighted by Crippen LogP contribution is -2.33. The molecule has 21 heavy (non-hydrogen) atoms. The number of esters is 1. The molecule has 0 atom stereocenters. The van der Waals surface area contributed by atoms with Gasteiger partial charge in [-0.1, -0.05) is 6.07 Å². The lowest BCUT2D eigenvalue weighted by molar-refractivity contribution is -0.173. The van der Waals surface area contributed by atoms with Crippen LogP contribution in [-0.4, -0.2) is 19.7 Å². The summed E-state index contributed by atoms with van der Waals surface area (Å²) >= 11 is 0. The molecule has 0 bridgehead atoms. The summed E-state index contributed by atoms with van der Waals surface area (Å²) in [5, 5.41) is -0.151. The quantitative estimate of drug-likeness (QED) is 0.811. The lowest BCUT2D eigenvalue weighted by Gasteiger charge is -2.14. The molecule has 0 fully saturated rings. The molecular formula is C14H12F2O5. The number of fused-ring (bicyclic) bond motifs is 1. The molecule has 1 heterocycles. The number of rotatable bonds is 4. The molecule has 0 aliphatic heterocycles. The van der Waals surface area contributed by atoms with E-state index in [-0.39, 0.29) is 23.3 Å².